The number of benzene rings is 2. The average Bonchev–Trinajstić information content (AvgIpc) is 2.58. The van der Waals surface area contributed by atoms with Gasteiger partial charge in [-0.2, -0.15) is 0 Å². The van der Waals surface area contributed by atoms with Gasteiger partial charge < -0.3 is 10.1 Å². The summed E-state index contributed by atoms with van der Waals surface area (Å²) in [5.41, 5.74) is 2.68. The molecule has 1 atom stereocenters. The van der Waals surface area contributed by atoms with Crippen molar-refractivity contribution in [1.29, 1.82) is 0 Å². The van der Waals surface area contributed by atoms with E-state index in [0.29, 0.717) is 0 Å². The van der Waals surface area contributed by atoms with Crippen LogP contribution in [-0.4, -0.2) is 19.7 Å². The zero-order chi connectivity index (χ0) is 15.0. The van der Waals surface area contributed by atoms with Gasteiger partial charge in [-0.25, -0.2) is 0 Å². The smallest absolute Gasteiger partial charge is 0.119 e. The minimum atomic E-state index is 0.783. The fraction of sp³-hybridized carbons (Fsp3) is 0.400. The van der Waals surface area contributed by atoms with Crippen molar-refractivity contribution in [2.24, 2.45) is 5.92 Å². The molecule has 0 aliphatic carbocycles. The van der Waals surface area contributed by atoms with Gasteiger partial charge in [0.15, 0.2) is 0 Å². The first-order valence-electron chi connectivity index (χ1n) is 8.36. The second-order valence-corrected chi connectivity index (χ2v) is 6.16. The molecule has 2 heteroatoms. The topological polar surface area (TPSA) is 21.3 Å². The fourth-order valence-corrected chi connectivity index (χ4v) is 3.05. The van der Waals surface area contributed by atoms with Crippen molar-refractivity contribution in [2.75, 3.05) is 19.7 Å². The van der Waals surface area contributed by atoms with E-state index in [1.807, 2.05) is 0 Å². The molecule has 0 aromatic heterocycles. The zero-order valence-electron chi connectivity index (χ0n) is 13.1. The molecule has 1 saturated heterocycles. The standard InChI is InChI=1S/C20H25NO/c1-2-5-17(6-3-1)15-18-8-10-20(11-9-18)22-14-12-19-7-4-13-21-16-19/h1-3,5-6,8-11,19,21H,4,7,12-16H2/t19-/m0/s1. The molecule has 2 aromatic carbocycles. The SMILES string of the molecule is c1ccc(Cc2ccc(OCC[C@@H]3CCCNC3)cc2)cc1. The molecule has 2 nitrogen and oxygen atoms in total. The molecule has 0 radical (unpaired) electrons. The summed E-state index contributed by atoms with van der Waals surface area (Å²) in [7, 11) is 0. The van der Waals surface area contributed by atoms with E-state index < -0.39 is 0 Å². The maximum absolute atomic E-state index is 5.89. The molecule has 0 spiro atoms. The average molecular weight is 295 g/mol. The molecule has 2 aromatic rings. The van der Waals surface area contributed by atoms with Crippen molar-refractivity contribution >= 4 is 0 Å². The van der Waals surface area contributed by atoms with E-state index in [-0.39, 0.29) is 0 Å². The van der Waals surface area contributed by atoms with Gasteiger partial charge in [-0.3, -0.25) is 0 Å². The highest BCUT2D eigenvalue weighted by Gasteiger charge is 2.12. The van der Waals surface area contributed by atoms with Crippen LogP contribution < -0.4 is 10.1 Å². The van der Waals surface area contributed by atoms with Gasteiger partial charge in [0.05, 0.1) is 6.61 Å². The summed E-state index contributed by atoms with van der Waals surface area (Å²) >= 11 is 0. The highest BCUT2D eigenvalue weighted by Crippen LogP contribution is 2.18. The fourth-order valence-electron chi connectivity index (χ4n) is 3.05. The van der Waals surface area contributed by atoms with Gasteiger partial charge in [0.25, 0.3) is 0 Å². The van der Waals surface area contributed by atoms with Crippen LogP contribution in [-0.2, 0) is 6.42 Å². The van der Waals surface area contributed by atoms with Crippen LogP contribution in [0.2, 0.25) is 0 Å². The Balaban J connectivity index is 1.45. The predicted molar refractivity (Wildman–Crippen MR) is 91.4 cm³/mol. The van der Waals surface area contributed by atoms with E-state index in [1.54, 1.807) is 0 Å². The number of ether oxygens (including phenoxy) is 1. The summed E-state index contributed by atoms with van der Waals surface area (Å²) in [5, 5.41) is 3.46. The molecule has 1 aliphatic rings. The maximum Gasteiger partial charge on any atom is 0.119 e. The molecule has 1 N–H and O–H groups in total. The zero-order valence-corrected chi connectivity index (χ0v) is 13.1. The molecule has 3 rings (SSSR count). The minimum Gasteiger partial charge on any atom is -0.494 e. The lowest BCUT2D eigenvalue weighted by Gasteiger charge is -2.22. The van der Waals surface area contributed by atoms with Crippen molar-refractivity contribution in [3.05, 3.63) is 65.7 Å². The third-order valence-electron chi connectivity index (χ3n) is 4.37. The van der Waals surface area contributed by atoms with Gasteiger partial charge >= 0.3 is 0 Å². The second-order valence-electron chi connectivity index (χ2n) is 6.16. The van der Waals surface area contributed by atoms with Crippen LogP contribution in [0.1, 0.15) is 30.4 Å². The van der Waals surface area contributed by atoms with E-state index in [1.165, 1.54) is 30.5 Å². The third-order valence-corrected chi connectivity index (χ3v) is 4.37. The van der Waals surface area contributed by atoms with Gasteiger partial charge in [-0.1, -0.05) is 42.5 Å². The molecule has 1 aliphatic heterocycles. The lowest BCUT2D eigenvalue weighted by Crippen LogP contribution is -2.30. The van der Waals surface area contributed by atoms with Crippen LogP contribution in [0.4, 0.5) is 0 Å². The molecular formula is C20H25NO. The van der Waals surface area contributed by atoms with Gasteiger partial charge in [-0.05, 0) is 68.0 Å². The Hall–Kier alpha value is -1.80. The summed E-state index contributed by atoms with van der Waals surface area (Å²) in [6.07, 6.45) is 4.78. The first-order valence-corrected chi connectivity index (χ1v) is 8.36. The first-order chi connectivity index (χ1) is 10.9. The summed E-state index contributed by atoms with van der Waals surface area (Å²) in [5.74, 6) is 1.77. The summed E-state index contributed by atoms with van der Waals surface area (Å²) in [6.45, 7) is 3.16. The van der Waals surface area contributed by atoms with Gasteiger partial charge in [0.2, 0.25) is 0 Å². The van der Waals surface area contributed by atoms with Crippen molar-refractivity contribution in [3.63, 3.8) is 0 Å². The Morgan fingerprint density at radius 3 is 2.45 bits per heavy atom. The van der Waals surface area contributed by atoms with Gasteiger partial charge in [0, 0.05) is 0 Å². The highest BCUT2D eigenvalue weighted by molar-refractivity contribution is 5.31. The molecular weight excluding hydrogens is 270 g/mol. The van der Waals surface area contributed by atoms with E-state index >= 15 is 0 Å². The van der Waals surface area contributed by atoms with Crippen molar-refractivity contribution < 1.29 is 4.74 Å². The van der Waals surface area contributed by atoms with Crippen molar-refractivity contribution in [2.45, 2.75) is 25.7 Å². The predicted octanol–water partition coefficient (Wildman–Crippen LogP) is 4.05. The largest absolute Gasteiger partial charge is 0.494 e. The molecule has 0 saturated carbocycles. The number of hydrogen-bond acceptors (Lipinski definition) is 2. The van der Waals surface area contributed by atoms with Crippen LogP contribution in [0.25, 0.3) is 0 Å². The van der Waals surface area contributed by atoms with Gasteiger partial charge in [0.1, 0.15) is 5.75 Å². The minimum absolute atomic E-state index is 0.783. The Kier molecular flexibility index (Phi) is 5.49. The molecule has 0 unspecified atom stereocenters. The summed E-state index contributed by atoms with van der Waals surface area (Å²) in [6, 6.07) is 19.1. The van der Waals surface area contributed by atoms with Crippen molar-refractivity contribution in [1.82, 2.24) is 5.32 Å². The number of rotatable bonds is 6. The van der Waals surface area contributed by atoms with Crippen LogP contribution in [0.15, 0.2) is 54.6 Å². The molecule has 116 valence electrons. The molecule has 0 amide bonds. The monoisotopic (exact) mass is 295 g/mol. The Labute approximate surface area is 133 Å². The third kappa shape index (κ3) is 4.60. The number of hydrogen-bond donors (Lipinski definition) is 1. The van der Waals surface area contributed by atoms with Crippen LogP contribution in [0.5, 0.6) is 5.75 Å². The van der Waals surface area contributed by atoms with E-state index in [4.69, 9.17) is 4.74 Å². The number of piperidine rings is 1. The van der Waals surface area contributed by atoms with Crippen LogP contribution >= 0.6 is 0 Å². The molecule has 1 fully saturated rings. The Bertz CT molecular complexity index is 544. The molecule has 22 heavy (non-hydrogen) atoms. The first kappa shape index (κ1) is 15.1. The molecule has 1 heterocycles. The summed E-state index contributed by atoms with van der Waals surface area (Å²) < 4.78 is 5.89. The Morgan fingerprint density at radius 2 is 1.73 bits per heavy atom. The normalized spacial score (nSPS) is 18.1. The molecule has 0 bridgehead atoms. The number of nitrogens with one attached hydrogen (secondary N) is 1. The maximum atomic E-state index is 5.89. The second kappa shape index (κ2) is 8.00. The van der Waals surface area contributed by atoms with E-state index in [9.17, 15) is 0 Å². The lowest BCUT2D eigenvalue weighted by atomic mass is 9.97. The highest BCUT2D eigenvalue weighted by atomic mass is 16.5. The van der Waals surface area contributed by atoms with Crippen LogP contribution in [0.3, 0.4) is 0 Å². The van der Waals surface area contributed by atoms with Crippen molar-refractivity contribution in [3.8, 4) is 5.75 Å². The summed E-state index contributed by atoms with van der Waals surface area (Å²) in [4.78, 5) is 0. The van der Waals surface area contributed by atoms with E-state index in [0.717, 1.165) is 37.7 Å². The Morgan fingerprint density at radius 1 is 0.955 bits per heavy atom. The van der Waals surface area contributed by atoms with Crippen LogP contribution in [0, 0.1) is 5.92 Å². The van der Waals surface area contributed by atoms with E-state index in [2.05, 4.69) is 59.9 Å². The van der Waals surface area contributed by atoms with Gasteiger partial charge in [-0.15, -0.1) is 0 Å². The quantitative estimate of drug-likeness (QED) is 0.868. The lowest BCUT2D eigenvalue weighted by molar-refractivity contribution is 0.254.